The highest BCUT2D eigenvalue weighted by molar-refractivity contribution is 7.99. The van der Waals surface area contributed by atoms with Gasteiger partial charge in [-0.1, -0.05) is 31.7 Å². The lowest BCUT2D eigenvalue weighted by Gasteiger charge is -2.07. The van der Waals surface area contributed by atoms with Crippen molar-refractivity contribution in [2.75, 3.05) is 0 Å². The number of hydrogen-bond acceptors (Lipinski definition) is 4. The maximum Gasteiger partial charge on any atom is 0.137 e. The van der Waals surface area contributed by atoms with Gasteiger partial charge >= 0.3 is 0 Å². The summed E-state index contributed by atoms with van der Waals surface area (Å²) in [6.07, 6.45) is 1.15. The number of halogens is 2. The van der Waals surface area contributed by atoms with E-state index in [-0.39, 0.29) is 5.92 Å². The summed E-state index contributed by atoms with van der Waals surface area (Å²) in [5, 5.41) is 11.1. The van der Waals surface area contributed by atoms with Gasteiger partial charge in [-0.05, 0) is 30.2 Å². The molecule has 0 radical (unpaired) electrons. The van der Waals surface area contributed by atoms with Gasteiger partial charge in [0.25, 0.3) is 0 Å². The maximum atomic E-state index is 13.4. The van der Waals surface area contributed by atoms with Gasteiger partial charge in [0.15, 0.2) is 0 Å². The molecule has 0 amide bonds. The van der Waals surface area contributed by atoms with Crippen molar-refractivity contribution in [1.82, 2.24) is 15.0 Å². The van der Waals surface area contributed by atoms with Crippen LogP contribution in [-0.4, -0.2) is 20.1 Å². The Morgan fingerprint density at radius 2 is 1.88 bits per heavy atom. The van der Waals surface area contributed by atoms with Crippen LogP contribution >= 0.6 is 11.8 Å². The minimum Gasteiger partial charge on any atom is -0.385 e. The van der Waals surface area contributed by atoms with E-state index in [1.165, 1.54) is 23.9 Å². The smallest absolute Gasteiger partial charge is 0.137 e. The van der Waals surface area contributed by atoms with Crippen LogP contribution < -0.4 is 0 Å². The van der Waals surface area contributed by atoms with Crippen LogP contribution in [0.1, 0.15) is 43.1 Å². The van der Waals surface area contributed by atoms with Crippen LogP contribution in [0.5, 0.6) is 0 Å². The van der Waals surface area contributed by atoms with E-state index in [0.29, 0.717) is 22.2 Å². The molecule has 3 rings (SSSR count). The third kappa shape index (κ3) is 4.47. The molecule has 1 atom stereocenters. The molecule has 2 heterocycles. The molecule has 2 aromatic heterocycles. The zero-order chi connectivity index (χ0) is 18.7. The minimum absolute atomic E-state index is 0.110. The highest BCUT2D eigenvalue weighted by Crippen LogP contribution is 2.34. The first kappa shape index (κ1) is 18.5. The quantitative estimate of drug-likeness (QED) is 0.659. The van der Waals surface area contributed by atoms with Crippen LogP contribution in [0.2, 0.25) is 0 Å². The molecular formula is C19H19F2N3OS. The van der Waals surface area contributed by atoms with E-state index < -0.39 is 17.7 Å². The number of pyridine rings is 1. The van der Waals surface area contributed by atoms with Gasteiger partial charge < -0.3 is 10.1 Å². The third-order valence-electron chi connectivity index (χ3n) is 3.79. The minimum atomic E-state index is -0.846. The second-order valence-electron chi connectivity index (χ2n) is 6.24. The van der Waals surface area contributed by atoms with Crippen molar-refractivity contribution < 1.29 is 13.9 Å². The van der Waals surface area contributed by atoms with Crippen molar-refractivity contribution >= 4 is 11.8 Å². The number of imidazole rings is 1. The van der Waals surface area contributed by atoms with Crippen LogP contribution in [0.4, 0.5) is 8.78 Å². The van der Waals surface area contributed by atoms with Crippen molar-refractivity contribution in [2.24, 2.45) is 0 Å². The summed E-state index contributed by atoms with van der Waals surface area (Å²) in [7, 11) is 0. The highest BCUT2D eigenvalue weighted by Gasteiger charge is 2.20. The molecule has 4 nitrogen and oxygen atoms in total. The van der Waals surface area contributed by atoms with E-state index >= 15 is 0 Å². The SMILES string of the molecule is CC(C)c1[nH]c(C(O)Cc2ccccn2)nc1Sc1cc(F)cc(F)c1. The molecule has 7 heteroatoms. The van der Waals surface area contributed by atoms with E-state index in [2.05, 4.69) is 15.0 Å². The average molecular weight is 375 g/mol. The molecule has 2 N–H and O–H groups in total. The van der Waals surface area contributed by atoms with Crippen molar-refractivity contribution in [3.8, 4) is 0 Å². The van der Waals surface area contributed by atoms with Gasteiger partial charge in [0.2, 0.25) is 0 Å². The molecule has 0 aliphatic heterocycles. The van der Waals surface area contributed by atoms with E-state index in [1.807, 2.05) is 32.0 Å². The number of aromatic amines is 1. The Balaban J connectivity index is 1.86. The van der Waals surface area contributed by atoms with Crippen LogP contribution in [0.25, 0.3) is 0 Å². The first-order chi connectivity index (χ1) is 12.4. The van der Waals surface area contributed by atoms with Crippen molar-refractivity contribution in [2.45, 2.75) is 42.2 Å². The number of aliphatic hydroxyl groups excluding tert-OH is 1. The number of aliphatic hydroxyl groups is 1. The number of hydrogen-bond donors (Lipinski definition) is 2. The molecule has 0 saturated heterocycles. The van der Waals surface area contributed by atoms with Gasteiger partial charge in [-0.2, -0.15) is 0 Å². The van der Waals surface area contributed by atoms with Gasteiger partial charge in [-0.3, -0.25) is 4.98 Å². The first-order valence-corrected chi connectivity index (χ1v) is 9.05. The molecule has 0 spiro atoms. The molecule has 0 aliphatic rings. The lowest BCUT2D eigenvalue weighted by molar-refractivity contribution is 0.167. The molecule has 26 heavy (non-hydrogen) atoms. The van der Waals surface area contributed by atoms with Crippen molar-refractivity contribution in [3.05, 3.63) is 71.4 Å². The lowest BCUT2D eigenvalue weighted by atomic mass is 10.1. The standard InChI is InChI=1S/C19H19F2N3OS/c1-11(2)17-19(26-15-8-12(20)7-13(21)9-15)24-18(23-17)16(25)10-14-5-3-4-6-22-14/h3-9,11,16,25H,10H2,1-2H3,(H,23,24). The third-order valence-corrected chi connectivity index (χ3v) is 4.76. The molecule has 1 aromatic carbocycles. The Bertz CT molecular complexity index is 863. The predicted molar refractivity (Wildman–Crippen MR) is 96.1 cm³/mol. The number of rotatable bonds is 6. The highest BCUT2D eigenvalue weighted by atomic mass is 32.2. The summed E-state index contributed by atoms with van der Waals surface area (Å²) in [6.45, 7) is 3.97. The zero-order valence-corrected chi connectivity index (χ0v) is 15.2. The largest absolute Gasteiger partial charge is 0.385 e. The maximum absolute atomic E-state index is 13.4. The lowest BCUT2D eigenvalue weighted by Crippen LogP contribution is -2.05. The second kappa shape index (κ2) is 7.97. The summed E-state index contributed by atoms with van der Waals surface area (Å²) >= 11 is 1.17. The molecule has 1 unspecified atom stereocenters. The normalized spacial score (nSPS) is 12.5. The Morgan fingerprint density at radius 3 is 2.50 bits per heavy atom. The molecule has 3 aromatic rings. The Labute approximate surface area is 154 Å². The van der Waals surface area contributed by atoms with Gasteiger partial charge in [-0.25, -0.2) is 13.8 Å². The van der Waals surface area contributed by atoms with Gasteiger partial charge in [0.1, 0.15) is 28.6 Å². The van der Waals surface area contributed by atoms with Crippen LogP contribution in [0.15, 0.2) is 52.5 Å². The Morgan fingerprint density at radius 1 is 1.15 bits per heavy atom. The Kier molecular flexibility index (Phi) is 5.68. The molecule has 0 fully saturated rings. The van der Waals surface area contributed by atoms with Gasteiger partial charge in [-0.15, -0.1) is 0 Å². The topological polar surface area (TPSA) is 61.8 Å². The summed E-state index contributed by atoms with van der Waals surface area (Å²) in [6, 6.07) is 8.86. The zero-order valence-electron chi connectivity index (χ0n) is 14.4. The monoisotopic (exact) mass is 375 g/mol. The van der Waals surface area contributed by atoms with Crippen molar-refractivity contribution in [1.29, 1.82) is 0 Å². The summed E-state index contributed by atoms with van der Waals surface area (Å²) in [5.41, 5.74) is 1.57. The first-order valence-electron chi connectivity index (χ1n) is 8.24. The average Bonchev–Trinajstić information content (AvgIpc) is 2.99. The number of nitrogens with one attached hydrogen (secondary N) is 1. The predicted octanol–water partition coefficient (Wildman–Crippen LogP) is 4.63. The van der Waals surface area contributed by atoms with Gasteiger partial charge in [0.05, 0.1) is 5.69 Å². The number of H-pyrrole nitrogens is 1. The number of nitrogens with zero attached hydrogens (tertiary/aromatic N) is 2. The van der Waals surface area contributed by atoms with Crippen molar-refractivity contribution in [3.63, 3.8) is 0 Å². The second-order valence-corrected chi connectivity index (χ2v) is 7.31. The van der Waals surface area contributed by atoms with Crippen LogP contribution in [-0.2, 0) is 6.42 Å². The fraction of sp³-hybridized carbons (Fsp3) is 0.263. The van der Waals surface area contributed by atoms with Gasteiger partial charge in [0, 0.05) is 29.3 Å². The van der Waals surface area contributed by atoms with E-state index in [4.69, 9.17) is 0 Å². The fourth-order valence-corrected chi connectivity index (χ4v) is 3.64. The molecular weight excluding hydrogens is 356 g/mol. The molecule has 0 aliphatic carbocycles. The van der Waals surface area contributed by atoms with Crippen LogP contribution in [0.3, 0.4) is 0 Å². The summed E-state index contributed by atoms with van der Waals surface area (Å²) < 4.78 is 26.9. The van der Waals surface area contributed by atoms with E-state index in [0.717, 1.165) is 17.5 Å². The number of benzene rings is 1. The fourth-order valence-electron chi connectivity index (χ4n) is 2.53. The van der Waals surface area contributed by atoms with E-state index in [1.54, 1.807) is 6.20 Å². The summed E-state index contributed by atoms with van der Waals surface area (Å²) in [5.74, 6) is -0.743. The van der Waals surface area contributed by atoms with Crippen LogP contribution in [0, 0.1) is 11.6 Å². The van der Waals surface area contributed by atoms with E-state index in [9.17, 15) is 13.9 Å². The Hall–Kier alpha value is -2.25. The molecule has 0 bridgehead atoms. The summed E-state index contributed by atoms with van der Waals surface area (Å²) in [4.78, 5) is 12.2. The molecule has 0 saturated carbocycles. The number of aromatic nitrogens is 3. The molecule has 136 valence electrons.